The fraction of sp³-hybridized carbons (Fsp3) is 0.447. The standard InChI is InChI=1S/C31H26N2O4.C16H36N/c1-30(2)27-10-6-7-11-28(27)32(31(30,35)25-8-4-3-5-9-25)21-24-20-23(16-19-29(24)34)13-12-22-14-17-26(18-15-22)33(36)37;1-5-9-13-17(14-10-6-2,15-11-7-3)16-12-8-4/h3-11,14-20,34-35H,21H2,1-2H3;5-16H2,1-4H3/q;+1/p-1. The number of nitro groups is 1. The van der Waals surface area contributed by atoms with Crippen molar-refractivity contribution in [2.45, 2.75) is 111 Å². The van der Waals surface area contributed by atoms with Gasteiger partial charge in [0.15, 0.2) is 5.72 Å². The Morgan fingerprint density at radius 2 is 1.20 bits per heavy atom. The lowest BCUT2D eigenvalue weighted by Crippen LogP contribution is -2.52. The Balaban J connectivity index is 0.000000324. The number of fused-ring (bicyclic) bond motifs is 1. The van der Waals surface area contributed by atoms with Crippen LogP contribution in [0.5, 0.6) is 5.75 Å². The predicted octanol–water partition coefficient (Wildman–Crippen LogP) is 10.2. The third-order valence-corrected chi connectivity index (χ3v) is 11.1. The largest absolute Gasteiger partial charge is 0.872 e. The number of non-ortho nitro benzene ring substituents is 1. The van der Waals surface area contributed by atoms with Gasteiger partial charge in [0, 0.05) is 46.5 Å². The normalized spacial score (nSPS) is 15.8. The van der Waals surface area contributed by atoms with Crippen LogP contribution in [0.1, 0.15) is 121 Å². The Kier molecular flexibility index (Phi) is 15.3. The van der Waals surface area contributed by atoms with Gasteiger partial charge in [-0.15, -0.1) is 5.75 Å². The molecule has 0 aromatic heterocycles. The first-order valence-electron chi connectivity index (χ1n) is 20.0. The van der Waals surface area contributed by atoms with Crippen LogP contribution in [-0.4, -0.2) is 40.7 Å². The van der Waals surface area contributed by atoms with Gasteiger partial charge in [-0.1, -0.05) is 134 Å². The molecule has 0 spiro atoms. The highest BCUT2D eigenvalue weighted by atomic mass is 16.6. The van der Waals surface area contributed by atoms with Crippen LogP contribution >= 0.6 is 0 Å². The first kappa shape index (κ1) is 42.1. The molecule has 1 heterocycles. The second kappa shape index (κ2) is 19.6. The summed E-state index contributed by atoms with van der Waals surface area (Å²) in [5, 5.41) is 36.2. The molecule has 1 unspecified atom stereocenters. The highest BCUT2D eigenvalue weighted by Gasteiger charge is 2.57. The molecule has 1 aliphatic rings. The van der Waals surface area contributed by atoms with Crippen molar-refractivity contribution in [1.82, 2.24) is 0 Å². The summed E-state index contributed by atoms with van der Waals surface area (Å²) in [6.07, 6.45) is 11.1. The predicted molar refractivity (Wildman–Crippen MR) is 220 cm³/mol. The van der Waals surface area contributed by atoms with Gasteiger partial charge in [-0.3, -0.25) is 10.1 Å². The number of rotatable bonds is 16. The average molecular weight is 732 g/mol. The van der Waals surface area contributed by atoms with E-state index in [1.165, 1.54) is 100 Å². The van der Waals surface area contributed by atoms with Crippen molar-refractivity contribution in [3.63, 3.8) is 0 Å². The summed E-state index contributed by atoms with van der Waals surface area (Å²) in [7, 11) is 0. The molecule has 0 saturated heterocycles. The minimum absolute atomic E-state index is 0.00302. The van der Waals surface area contributed by atoms with Crippen LogP contribution in [-0.2, 0) is 17.7 Å². The second-order valence-electron chi connectivity index (χ2n) is 15.3. The Morgan fingerprint density at radius 1 is 0.704 bits per heavy atom. The Hall–Kier alpha value is -4.64. The monoisotopic (exact) mass is 731 g/mol. The number of nitro benzene ring substituents is 1. The third kappa shape index (κ3) is 9.91. The number of anilines is 1. The van der Waals surface area contributed by atoms with Gasteiger partial charge in [-0.05, 0) is 67.1 Å². The topological polar surface area (TPSA) is 89.7 Å². The van der Waals surface area contributed by atoms with E-state index in [-0.39, 0.29) is 18.0 Å². The fourth-order valence-corrected chi connectivity index (χ4v) is 7.73. The summed E-state index contributed by atoms with van der Waals surface area (Å²) in [4.78, 5) is 12.3. The molecule has 4 aromatic carbocycles. The Bertz CT molecular complexity index is 1810. The zero-order valence-corrected chi connectivity index (χ0v) is 33.4. The van der Waals surface area contributed by atoms with E-state index in [2.05, 4.69) is 39.5 Å². The highest BCUT2D eigenvalue weighted by molar-refractivity contribution is 5.67. The maximum absolute atomic E-state index is 12.9. The van der Waals surface area contributed by atoms with Crippen LogP contribution < -0.4 is 10.0 Å². The van der Waals surface area contributed by atoms with E-state index in [0.717, 1.165) is 16.8 Å². The number of nitrogens with zero attached hydrogens (tertiary/aromatic N) is 3. The van der Waals surface area contributed by atoms with Crippen molar-refractivity contribution < 1.29 is 19.6 Å². The van der Waals surface area contributed by atoms with Crippen molar-refractivity contribution in [1.29, 1.82) is 0 Å². The summed E-state index contributed by atoms with van der Waals surface area (Å²) in [5.41, 5.74) is 2.38. The van der Waals surface area contributed by atoms with Gasteiger partial charge >= 0.3 is 0 Å². The van der Waals surface area contributed by atoms with Gasteiger partial charge in [0.25, 0.3) is 5.69 Å². The maximum Gasteiger partial charge on any atom is 0.269 e. The van der Waals surface area contributed by atoms with Crippen molar-refractivity contribution >= 4 is 11.4 Å². The van der Waals surface area contributed by atoms with Crippen molar-refractivity contribution in [2.75, 3.05) is 31.1 Å². The van der Waals surface area contributed by atoms with Crippen LogP contribution in [0, 0.1) is 22.0 Å². The van der Waals surface area contributed by atoms with E-state index in [1.807, 2.05) is 73.3 Å². The SMILES string of the molecule is CC1(C)c2ccccc2N(Cc2cc(C#Cc3ccc([N+](=O)[O-])cc3)ccc2[O-])C1(O)c1ccccc1.CCCC[N+](CCCC)(CCCC)CCCC. The molecule has 288 valence electrons. The van der Waals surface area contributed by atoms with Crippen molar-refractivity contribution in [3.05, 3.63) is 135 Å². The van der Waals surface area contributed by atoms with Crippen molar-refractivity contribution in [2.24, 2.45) is 0 Å². The third-order valence-electron chi connectivity index (χ3n) is 11.1. The van der Waals surface area contributed by atoms with Gasteiger partial charge in [0.05, 0.1) is 31.1 Å². The molecule has 1 aliphatic heterocycles. The van der Waals surface area contributed by atoms with E-state index < -0.39 is 16.1 Å². The number of quaternary nitrogens is 1. The van der Waals surface area contributed by atoms with E-state index in [0.29, 0.717) is 16.7 Å². The zero-order valence-electron chi connectivity index (χ0n) is 33.4. The highest BCUT2D eigenvalue weighted by Crippen LogP contribution is 2.55. The molecule has 1 N–H and O–H groups in total. The summed E-state index contributed by atoms with van der Waals surface area (Å²) in [6.45, 7) is 19.2. The first-order valence-corrected chi connectivity index (χ1v) is 20.0. The molecular formula is C47H61N3O4. The van der Waals surface area contributed by atoms with E-state index in [9.17, 15) is 20.3 Å². The number of benzene rings is 4. The van der Waals surface area contributed by atoms with E-state index in [1.54, 1.807) is 24.3 Å². The minimum Gasteiger partial charge on any atom is -0.872 e. The van der Waals surface area contributed by atoms with Crippen LogP contribution in [0.2, 0.25) is 0 Å². The molecule has 4 aromatic rings. The number of aliphatic hydroxyl groups is 1. The number of unbranched alkanes of at least 4 members (excludes halogenated alkanes) is 4. The Morgan fingerprint density at radius 3 is 1.74 bits per heavy atom. The molecule has 0 amide bonds. The van der Waals surface area contributed by atoms with Crippen LogP contribution in [0.25, 0.3) is 0 Å². The van der Waals surface area contributed by atoms with Gasteiger partial charge in [-0.25, -0.2) is 0 Å². The summed E-state index contributed by atoms with van der Waals surface area (Å²) in [5.74, 6) is 5.91. The van der Waals surface area contributed by atoms with Gasteiger partial charge in [0.2, 0.25) is 0 Å². The molecule has 1 atom stereocenters. The van der Waals surface area contributed by atoms with Crippen LogP contribution in [0.4, 0.5) is 11.4 Å². The lowest BCUT2D eigenvalue weighted by Gasteiger charge is -2.44. The smallest absolute Gasteiger partial charge is 0.269 e. The molecule has 0 aliphatic carbocycles. The lowest BCUT2D eigenvalue weighted by molar-refractivity contribution is -0.929. The number of para-hydroxylation sites is 1. The first-order chi connectivity index (χ1) is 26.0. The molecule has 54 heavy (non-hydrogen) atoms. The van der Waals surface area contributed by atoms with E-state index >= 15 is 0 Å². The molecule has 0 fully saturated rings. The number of hydrogen-bond acceptors (Lipinski definition) is 5. The van der Waals surface area contributed by atoms with Gasteiger partial charge in [0.1, 0.15) is 0 Å². The summed E-state index contributed by atoms with van der Waals surface area (Å²) < 4.78 is 1.42. The fourth-order valence-electron chi connectivity index (χ4n) is 7.73. The lowest BCUT2D eigenvalue weighted by atomic mass is 9.74. The molecule has 0 radical (unpaired) electrons. The quantitative estimate of drug-likeness (QED) is 0.0536. The number of hydrogen-bond donors (Lipinski definition) is 1. The molecule has 0 saturated carbocycles. The molecular weight excluding hydrogens is 671 g/mol. The van der Waals surface area contributed by atoms with Gasteiger partial charge < -0.3 is 19.6 Å². The molecule has 0 bridgehead atoms. The van der Waals surface area contributed by atoms with Crippen LogP contribution in [0.15, 0.2) is 97.1 Å². The van der Waals surface area contributed by atoms with Crippen molar-refractivity contribution in [3.8, 4) is 17.6 Å². The summed E-state index contributed by atoms with van der Waals surface area (Å²) >= 11 is 0. The maximum atomic E-state index is 12.9. The molecule has 5 rings (SSSR count). The van der Waals surface area contributed by atoms with Gasteiger partial charge in [-0.2, -0.15) is 0 Å². The average Bonchev–Trinajstić information content (AvgIpc) is 3.36. The molecule has 7 heteroatoms. The second-order valence-corrected chi connectivity index (χ2v) is 15.3. The minimum atomic E-state index is -1.38. The summed E-state index contributed by atoms with van der Waals surface area (Å²) in [6, 6.07) is 28.3. The van der Waals surface area contributed by atoms with Crippen LogP contribution in [0.3, 0.4) is 0 Å². The zero-order chi connectivity index (χ0) is 39.2. The Labute approximate surface area is 324 Å². The molecule has 7 nitrogen and oxygen atoms in total. The van der Waals surface area contributed by atoms with E-state index in [4.69, 9.17) is 0 Å².